The maximum atomic E-state index is 13.4. The van der Waals surface area contributed by atoms with Crippen molar-refractivity contribution in [1.29, 1.82) is 0 Å². The molecule has 1 aliphatic heterocycles. The zero-order chi connectivity index (χ0) is 22.5. The predicted molar refractivity (Wildman–Crippen MR) is 126 cm³/mol. The van der Waals surface area contributed by atoms with Crippen molar-refractivity contribution in [1.82, 2.24) is 0 Å². The molecule has 1 aliphatic rings. The van der Waals surface area contributed by atoms with Crippen LogP contribution < -0.4 is 20.9 Å². The molecule has 32 heavy (non-hydrogen) atoms. The minimum Gasteiger partial charge on any atom is -0.370 e. The van der Waals surface area contributed by atoms with Crippen LogP contribution in [0.5, 0.6) is 0 Å². The molecule has 8 heteroatoms. The highest BCUT2D eigenvalue weighted by Crippen LogP contribution is 2.32. The van der Waals surface area contributed by atoms with Gasteiger partial charge in [0.15, 0.2) is 0 Å². The molecule has 0 saturated carbocycles. The van der Waals surface area contributed by atoms with Crippen molar-refractivity contribution in [3.8, 4) is 0 Å². The van der Waals surface area contributed by atoms with E-state index in [0.29, 0.717) is 22.6 Å². The number of benzene rings is 3. The SMILES string of the molecule is O=C(Nc1ccc(F)c(Cl)c1)Nc1cc(NC(=O)c2ccccc2)ccc1N1CCCC1. The lowest BCUT2D eigenvalue weighted by atomic mass is 10.2. The number of carbonyl (C=O) groups is 2. The maximum absolute atomic E-state index is 13.4. The lowest BCUT2D eigenvalue weighted by molar-refractivity contribution is 0.102. The van der Waals surface area contributed by atoms with Gasteiger partial charge in [-0.2, -0.15) is 0 Å². The fourth-order valence-corrected chi connectivity index (χ4v) is 3.78. The molecule has 1 saturated heterocycles. The number of nitrogens with one attached hydrogen (secondary N) is 3. The molecule has 0 aromatic heterocycles. The molecule has 0 radical (unpaired) electrons. The highest BCUT2D eigenvalue weighted by atomic mass is 35.5. The first kappa shape index (κ1) is 21.6. The summed E-state index contributed by atoms with van der Waals surface area (Å²) in [5, 5.41) is 8.29. The number of amides is 3. The van der Waals surface area contributed by atoms with Gasteiger partial charge < -0.3 is 20.9 Å². The van der Waals surface area contributed by atoms with Crippen LogP contribution >= 0.6 is 11.6 Å². The summed E-state index contributed by atoms with van der Waals surface area (Å²) in [5.74, 6) is -0.799. The van der Waals surface area contributed by atoms with Gasteiger partial charge in [0.1, 0.15) is 5.82 Å². The van der Waals surface area contributed by atoms with E-state index in [1.807, 2.05) is 18.2 Å². The summed E-state index contributed by atoms with van der Waals surface area (Å²) in [6, 6.07) is 17.8. The number of rotatable bonds is 5. The molecule has 0 unspecified atom stereocenters. The molecule has 0 spiro atoms. The lowest BCUT2D eigenvalue weighted by Gasteiger charge is -2.22. The van der Waals surface area contributed by atoms with Gasteiger partial charge in [0.2, 0.25) is 0 Å². The fraction of sp³-hybridized carbons (Fsp3) is 0.167. The molecule has 4 rings (SSSR count). The van der Waals surface area contributed by atoms with Gasteiger partial charge in [-0.1, -0.05) is 29.8 Å². The van der Waals surface area contributed by atoms with Crippen molar-refractivity contribution < 1.29 is 14.0 Å². The standard InChI is InChI=1S/C24H22ClFN4O2/c25-19-14-17(8-10-20(19)26)28-24(32)29-21-15-18(9-11-22(21)30-12-4-5-13-30)27-23(31)16-6-2-1-3-7-16/h1-3,6-11,14-15H,4-5,12-13H2,(H,27,31)(H2,28,29,32). The summed E-state index contributed by atoms with van der Waals surface area (Å²) >= 11 is 5.79. The van der Waals surface area contributed by atoms with Crippen LogP contribution in [0, 0.1) is 5.82 Å². The van der Waals surface area contributed by atoms with E-state index in [2.05, 4.69) is 20.9 Å². The number of carbonyl (C=O) groups excluding carboxylic acids is 2. The summed E-state index contributed by atoms with van der Waals surface area (Å²) in [6.07, 6.45) is 2.15. The van der Waals surface area contributed by atoms with Crippen molar-refractivity contribution in [3.05, 3.63) is 83.1 Å². The monoisotopic (exact) mass is 452 g/mol. The van der Waals surface area contributed by atoms with E-state index in [4.69, 9.17) is 11.6 Å². The quantitative estimate of drug-likeness (QED) is 0.446. The second kappa shape index (κ2) is 9.70. The Morgan fingerprint density at radius 2 is 1.53 bits per heavy atom. The molecule has 1 heterocycles. The normalized spacial score (nSPS) is 13.0. The Labute approximate surface area is 190 Å². The minimum absolute atomic E-state index is 0.0776. The van der Waals surface area contributed by atoms with Crippen LogP contribution in [0.4, 0.5) is 31.9 Å². The number of hydrogen-bond donors (Lipinski definition) is 3. The first-order valence-electron chi connectivity index (χ1n) is 10.3. The van der Waals surface area contributed by atoms with E-state index in [1.165, 1.54) is 18.2 Å². The van der Waals surface area contributed by atoms with Gasteiger partial charge in [-0.15, -0.1) is 0 Å². The predicted octanol–water partition coefficient (Wildman–Crippen LogP) is 5.98. The Balaban J connectivity index is 1.54. The highest BCUT2D eigenvalue weighted by Gasteiger charge is 2.18. The number of halogens is 2. The van der Waals surface area contributed by atoms with Crippen LogP contribution in [-0.2, 0) is 0 Å². The van der Waals surface area contributed by atoms with Gasteiger partial charge in [0, 0.05) is 30.0 Å². The zero-order valence-corrected chi connectivity index (χ0v) is 18.0. The van der Waals surface area contributed by atoms with Crippen LogP contribution in [-0.4, -0.2) is 25.0 Å². The topological polar surface area (TPSA) is 73.5 Å². The van der Waals surface area contributed by atoms with Crippen LogP contribution in [0.3, 0.4) is 0 Å². The molecule has 3 amide bonds. The first-order valence-corrected chi connectivity index (χ1v) is 10.7. The maximum Gasteiger partial charge on any atom is 0.323 e. The Hall–Kier alpha value is -3.58. The summed E-state index contributed by atoms with van der Waals surface area (Å²) in [4.78, 5) is 27.3. The molecule has 0 aliphatic carbocycles. The van der Waals surface area contributed by atoms with Crippen molar-refractivity contribution in [2.24, 2.45) is 0 Å². The highest BCUT2D eigenvalue weighted by molar-refractivity contribution is 6.31. The minimum atomic E-state index is -0.559. The van der Waals surface area contributed by atoms with Gasteiger partial charge in [-0.3, -0.25) is 4.79 Å². The average molecular weight is 453 g/mol. The second-order valence-corrected chi connectivity index (χ2v) is 7.86. The zero-order valence-electron chi connectivity index (χ0n) is 17.2. The first-order chi connectivity index (χ1) is 15.5. The molecule has 164 valence electrons. The number of anilines is 4. The third kappa shape index (κ3) is 5.18. The van der Waals surface area contributed by atoms with E-state index in [-0.39, 0.29) is 10.9 Å². The molecule has 3 aromatic carbocycles. The second-order valence-electron chi connectivity index (χ2n) is 7.45. The van der Waals surface area contributed by atoms with Crippen molar-refractivity contribution in [2.75, 3.05) is 33.9 Å². The van der Waals surface area contributed by atoms with Crippen molar-refractivity contribution in [2.45, 2.75) is 12.8 Å². The van der Waals surface area contributed by atoms with E-state index in [1.54, 1.807) is 30.3 Å². The van der Waals surface area contributed by atoms with Gasteiger partial charge in [-0.25, -0.2) is 9.18 Å². The molecule has 3 N–H and O–H groups in total. The van der Waals surface area contributed by atoms with Crippen molar-refractivity contribution in [3.63, 3.8) is 0 Å². The lowest BCUT2D eigenvalue weighted by Crippen LogP contribution is -2.24. The molecule has 0 atom stereocenters. The number of nitrogens with zero attached hydrogens (tertiary/aromatic N) is 1. The Kier molecular flexibility index (Phi) is 6.56. The van der Waals surface area contributed by atoms with Gasteiger partial charge >= 0.3 is 6.03 Å². The van der Waals surface area contributed by atoms with E-state index < -0.39 is 11.8 Å². The molecular weight excluding hydrogens is 431 g/mol. The summed E-state index contributed by atoms with van der Waals surface area (Å²) in [7, 11) is 0. The molecule has 0 bridgehead atoms. The van der Waals surface area contributed by atoms with E-state index >= 15 is 0 Å². The average Bonchev–Trinajstić information content (AvgIpc) is 3.32. The smallest absolute Gasteiger partial charge is 0.323 e. The molecular formula is C24H22ClFN4O2. The number of urea groups is 1. The van der Waals surface area contributed by atoms with Crippen LogP contribution in [0.15, 0.2) is 66.7 Å². The largest absolute Gasteiger partial charge is 0.370 e. The third-order valence-corrected chi connectivity index (χ3v) is 5.45. The molecule has 6 nitrogen and oxygen atoms in total. The van der Waals surface area contributed by atoms with Crippen LogP contribution in [0.1, 0.15) is 23.2 Å². The Morgan fingerprint density at radius 3 is 2.25 bits per heavy atom. The Bertz CT molecular complexity index is 1130. The van der Waals surface area contributed by atoms with Crippen LogP contribution in [0.25, 0.3) is 0 Å². The van der Waals surface area contributed by atoms with Gasteiger partial charge in [0.25, 0.3) is 5.91 Å². The number of hydrogen-bond acceptors (Lipinski definition) is 3. The third-order valence-electron chi connectivity index (χ3n) is 5.16. The van der Waals surface area contributed by atoms with E-state index in [9.17, 15) is 14.0 Å². The summed E-state index contributed by atoms with van der Waals surface area (Å²) in [6.45, 7) is 1.78. The van der Waals surface area contributed by atoms with Crippen molar-refractivity contribution >= 4 is 46.3 Å². The summed E-state index contributed by atoms with van der Waals surface area (Å²) in [5.41, 5.74) is 2.89. The Morgan fingerprint density at radius 1 is 0.844 bits per heavy atom. The molecule has 3 aromatic rings. The van der Waals surface area contributed by atoms with Gasteiger partial charge in [0.05, 0.1) is 16.4 Å². The van der Waals surface area contributed by atoms with Crippen LogP contribution in [0.2, 0.25) is 5.02 Å². The molecule has 1 fully saturated rings. The van der Waals surface area contributed by atoms with E-state index in [0.717, 1.165) is 31.6 Å². The summed E-state index contributed by atoms with van der Waals surface area (Å²) < 4.78 is 13.4. The van der Waals surface area contributed by atoms with Gasteiger partial charge in [-0.05, 0) is 61.4 Å². The fourth-order valence-electron chi connectivity index (χ4n) is 3.60.